The molecule has 2 fully saturated rings. The number of aliphatic hydroxyl groups is 2. The number of hydrogen-bond donors (Lipinski definition) is 4. The first kappa shape index (κ1) is 41.1. The first-order valence-corrected chi connectivity index (χ1v) is 20.1. The first-order valence-electron chi connectivity index (χ1n) is 19.7. The van der Waals surface area contributed by atoms with Crippen LogP contribution in [0.15, 0.2) is 127 Å². The molecule has 0 radical (unpaired) electrons. The normalized spacial score (nSPS) is 19.8. The van der Waals surface area contributed by atoms with E-state index in [2.05, 4.69) is 15.5 Å². The summed E-state index contributed by atoms with van der Waals surface area (Å²) in [4.78, 5) is 27.6. The zero-order valence-corrected chi connectivity index (χ0v) is 33.3. The Hall–Kier alpha value is -5.07. The second kappa shape index (κ2) is 19.1. The Kier molecular flexibility index (Phi) is 13.6. The largest absolute Gasteiger partial charge is 0.467 e. The van der Waals surface area contributed by atoms with E-state index in [1.807, 2.05) is 127 Å². The standard InChI is InChI=1S/C47H50ClN3O7/c1-56-44(53)42(27-32-6-3-2-4-7-32)50-46(54)49-29-34-8-5-9-38(26-34)35-14-16-37(17-15-35)45-57-41(28-43(58-45)36-12-10-33(31-52)11-13-36)30-51-24-22-47(55,23-25-51)39-18-20-40(48)21-19-39/h2-21,26,41-43,45,52,55H,22-25,27-31H2,1H3,(H2,49,50,54)/t41-,42-,43+,45+/m0/s1. The van der Waals surface area contributed by atoms with Crippen molar-refractivity contribution in [2.45, 2.75) is 69.0 Å². The molecule has 10 nitrogen and oxygen atoms in total. The third-order valence-electron chi connectivity index (χ3n) is 11.1. The number of likely N-dealkylation sites (tertiary alicyclic amines) is 1. The fourth-order valence-electron chi connectivity index (χ4n) is 7.75. The summed E-state index contributed by atoms with van der Waals surface area (Å²) < 4.78 is 18.2. The molecule has 11 heteroatoms. The Labute approximate surface area is 344 Å². The number of benzene rings is 5. The quantitative estimate of drug-likeness (QED) is 0.0896. The van der Waals surface area contributed by atoms with E-state index in [1.165, 1.54) is 7.11 Å². The Morgan fingerprint density at radius 2 is 1.52 bits per heavy atom. The second-order valence-electron chi connectivity index (χ2n) is 15.1. The number of urea groups is 1. The maximum Gasteiger partial charge on any atom is 0.328 e. The summed E-state index contributed by atoms with van der Waals surface area (Å²) in [6.45, 7) is 2.41. The summed E-state index contributed by atoms with van der Waals surface area (Å²) >= 11 is 6.11. The van der Waals surface area contributed by atoms with Crippen molar-refractivity contribution in [1.82, 2.24) is 15.5 Å². The average Bonchev–Trinajstić information content (AvgIpc) is 3.26. The van der Waals surface area contributed by atoms with Crippen molar-refractivity contribution in [3.63, 3.8) is 0 Å². The highest BCUT2D eigenvalue weighted by atomic mass is 35.5. The SMILES string of the molecule is COC(=O)[C@H](Cc1ccccc1)NC(=O)NCc1cccc(-c2ccc([C@@H]3O[C@H](CN4CCC(O)(c5ccc(Cl)cc5)CC4)C[C@H](c4ccc(CO)cc4)O3)cc2)c1. The van der Waals surface area contributed by atoms with Gasteiger partial charge in [-0.1, -0.05) is 121 Å². The summed E-state index contributed by atoms with van der Waals surface area (Å²) in [6, 6.07) is 39.6. The fraction of sp³-hybridized carbons (Fsp3) is 0.319. The lowest BCUT2D eigenvalue weighted by Crippen LogP contribution is -2.47. The highest BCUT2D eigenvalue weighted by molar-refractivity contribution is 6.30. The number of nitrogens with one attached hydrogen (secondary N) is 2. The van der Waals surface area contributed by atoms with Gasteiger partial charge in [0.2, 0.25) is 0 Å². The van der Waals surface area contributed by atoms with Crippen LogP contribution < -0.4 is 10.6 Å². The smallest absolute Gasteiger partial charge is 0.328 e. The van der Waals surface area contributed by atoms with Crippen LogP contribution in [0.4, 0.5) is 4.79 Å². The zero-order chi connectivity index (χ0) is 40.5. The second-order valence-corrected chi connectivity index (χ2v) is 15.5. The van der Waals surface area contributed by atoms with Crippen LogP contribution >= 0.6 is 11.6 Å². The Bertz CT molecular complexity index is 2110. The Morgan fingerprint density at radius 3 is 2.21 bits per heavy atom. The molecule has 58 heavy (non-hydrogen) atoms. The summed E-state index contributed by atoms with van der Waals surface area (Å²) in [6.07, 6.45) is 1.28. The molecule has 2 heterocycles. The molecule has 0 unspecified atom stereocenters. The molecule has 0 bridgehead atoms. The molecule has 5 aromatic carbocycles. The van der Waals surface area contributed by atoms with Gasteiger partial charge >= 0.3 is 12.0 Å². The van der Waals surface area contributed by atoms with Crippen LogP contribution in [-0.4, -0.2) is 66.0 Å². The summed E-state index contributed by atoms with van der Waals surface area (Å²) in [5, 5.41) is 27.4. The number of nitrogens with zero attached hydrogens (tertiary/aromatic N) is 1. The average molecular weight is 804 g/mol. The monoisotopic (exact) mass is 803 g/mol. The number of rotatable bonds is 13. The van der Waals surface area contributed by atoms with Crippen LogP contribution in [0, 0.1) is 0 Å². The van der Waals surface area contributed by atoms with Gasteiger partial charge in [-0.3, -0.25) is 0 Å². The van der Waals surface area contributed by atoms with Gasteiger partial charge in [-0.25, -0.2) is 9.59 Å². The molecule has 4 atom stereocenters. The molecule has 2 saturated heterocycles. The van der Waals surface area contributed by atoms with Crippen molar-refractivity contribution in [3.05, 3.63) is 166 Å². The zero-order valence-electron chi connectivity index (χ0n) is 32.6. The van der Waals surface area contributed by atoms with E-state index in [4.69, 9.17) is 25.8 Å². The molecule has 2 amide bonds. The first-order chi connectivity index (χ1) is 28.2. The molecular weight excluding hydrogens is 754 g/mol. The molecule has 0 aliphatic carbocycles. The van der Waals surface area contributed by atoms with Crippen molar-refractivity contribution in [3.8, 4) is 11.1 Å². The van der Waals surface area contributed by atoms with E-state index in [1.54, 1.807) is 0 Å². The number of ether oxygens (including phenoxy) is 3. The number of carbonyl (C=O) groups is 2. The molecule has 0 aromatic heterocycles. The van der Waals surface area contributed by atoms with E-state index in [9.17, 15) is 19.8 Å². The molecule has 5 aromatic rings. The minimum absolute atomic E-state index is 0.0226. The highest BCUT2D eigenvalue weighted by Crippen LogP contribution is 2.40. The molecular formula is C47H50ClN3O7. The number of methoxy groups -OCH3 is 1. The topological polar surface area (TPSA) is 130 Å². The number of esters is 1. The van der Waals surface area contributed by atoms with Gasteiger partial charge in [0.25, 0.3) is 0 Å². The lowest BCUT2D eigenvalue weighted by atomic mass is 9.84. The Morgan fingerprint density at radius 1 is 0.828 bits per heavy atom. The van der Waals surface area contributed by atoms with Gasteiger partial charge in [0, 0.05) is 49.6 Å². The van der Waals surface area contributed by atoms with Crippen LogP contribution in [0.1, 0.15) is 65.0 Å². The molecule has 7 rings (SSSR count). The van der Waals surface area contributed by atoms with Crippen molar-refractivity contribution in [2.75, 3.05) is 26.7 Å². The number of aliphatic hydroxyl groups excluding tert-OH is 1. The minimum atomic E-state index is -0.887. The third-order valence-corrected chi connectivity index (χ3v) is 11.4. The van der Waals surface area contributed by atoms with E-state index < -0.39 is 29.9 Å². The van der Waals surface area contributed by atoms with Crippen LogP contribution in [-0.2, 0) is 44.2 Å². The summed E-state index contributed by atoms with van der Waals surface area (Å²) in [5.74, 6) is -0.511. The molecule has 0 saturated carbocycles. The van der Waals surface area contributed by atoms with Gasteiger partial charge in [0.05, 0.1) is 31.5 Å². The van der Waals surface area contributed by atoms with Crippen molar-refractivity contribution < 1.29 is 34.0 Å². The minimum Gasteiger partial charge on any atom is -0.467 e. The van der Waals surface area contributed by atoms with Crippen LogP contribution in [0.25, 0.3) is 11.1 Å². The highest BCUT2D eigenvalue weighted by Gasteiger charge is 2.37. The molecule has 2 aliphatic rings. The summed E-state index contributed by atoms with van der Waals surface area (Å²) in [7, 11) is 1.31. The lowest BCUT2D eigenvalue weighted by Gasteiger charge is -2.42. The molecule has 0 spiro atoms. The van der Waals surface area contributed by atoms with Crippen LogP contribution in [0.5, 0.6) is 0 Å². The van der Waals surface area contributed by atoms with E-state index in [0.717, 1.165) is 57.6 Å². The molecule has 302 valence electrons. The van der Waals surface area contributed by atoms with Gasteiger partial charge in [0.15, 0.2) is 6.29 Å². The van der Waals surface area contributed by atoms with Gasteiger partial charge in [-0.2, -0.15) is 0 Å². The van der Waals surface area contributed by atoms with Crippen molar-refractivity contribution >= 4 is 23.6 Å². The lowest BCUT2D eigenvalue weighted by molar-refractivity contribution is -0.253. The third kappa shape index (κ3) is 10.5. The number of carbonyl (C=O) groups excluding carboxylic acids is 2. The van der Waals surface area contributed by atoms with Gasteiger partial charge < -0.3 is 40.0 Å². The number of amides is 2. The van der Waals surface area contributed by atoms with Crippen molar-refractivity contribution in [1.29, 1.82) is 0 Å². The predicted molar refractivity (Wildman–Crippen MR) is 223 cm³/mol. The number of halogens is 1. The van der Waals surface area contributed by atoms with Gasteiger partial charge in [-0.05, 0) is 70.0 Å². The van der Waals surface area contributed by atoms with E-state index in [0.29, 0.717) is 37.3 Å². The van der Waals surface area contributed by atoms with Gasteiger partial charge in [-0.15, -0.1) is 0 Å². The fourth-order valence-corrected chi connectivity index (χ4v) is 7.87. The van der Waals surface area contributed by atoms with Crippen molar-refractivity contribution in [2.24, 2.45) is 0 Å². The van der Waals surface area contributed by atoms with E-state index >= 15 is 0 Å². The maximum absolute atomic E-state index is 12.9. The van der Waals surface area contributed by atoms with E-state index in [-0.39, 0.29) is 25.4 Å². The summed E-state index contributed by atoms with van der Waals surface area (Å²) in [5.41, 5.74) is 6.56. The van der Waals surface area contributed by atoms with Crippen LogP contribution in [0.2, 0.25) is 5.02 Å². The molecule has 4 N–H and O–H groups in total. The maximum atomic E-state index is 12.9. The Balaban J connectivity index is 0.994. The number of piperidine rings is 1. The van der Waals surface area contributed by atoms with Crippen LogP contribution in [0.3, 0.4) is 0 Å². The number of hydrogen-bond acceptors (Lipinski definition) is 8. The van der Waals surface area contributed by atoms with Gasteiger partial charge in [0.1, 0.15) is 6.04 Å². The predicted octanol–water partition coefficient (Wildman–Crippen LogP) is 7.61. The molecule has 2 aliphatic heterocycles.